The Kier molecular flexibility index (Phi) is 5.29. The van der Waals surface area contributed by atoms with E-state index in [-0.39, 0.29) is 11.7 Å². The van der Waals surface area contributed by atoms with Crippen LogP contribution < -0.4 is 5.76 Å². The number of aryl methyl sites for hydroxylation is 1. The highest BCUT2D eigenvalue weighted by atomic mass is 16.4. The van der Waals surface area contributed by atoms with E-state index in [1.54, 1.807) is 33.5 Å². The van der Waals surface area contributed by atoms with Crippen molar-refractivity contribution in [3.05, 3.63) is 83.1 Å². The van der Waals surface area contributed by atoms with Gasteiger partial charge in [0.25, 0.3) is 0 Å². The van der Waals surface area contributed by atoms with Crippen molar-refractivity contribution >= 4 is 17.0 Å². The SMILES string of the molecule is CN(Cc1cnn(-c2ccccc2)c1)C(=O)CCCn1c(=O)oc2ccccc21. The van der Waals surface area contributed by atoms with Gasteiger partial charge in [-0.3, -0.25) is 9.36 Å². The fraction of sp³-hybridized carbons (Fsp3) is 0.227. The van der Waals surface area contributed by atoms with Crippen LogP contribution in [0.15, 0.2) is 76.2 Å². The minimum atomic E-state index is -0.389. The number of hydrogen-bond donors (Lipinski definition) is 0. The van der Waals surface area contributed by atoms with Gasteiger partial charge in [-0.05, 0) is 30.7 Å². The van der Waals surface area contributed by atoms with Crippen molar-refractivity contribution in [1.82, 2.24) is 19.2 Å². The van der Waals surface area contributed by atoms with E-state index in [4.69, 9.17) is 4.42 Å². The van der Waals surface area contributed by atoms with Crippen LogP contribution in [0, 0.1) is 0 Å². The number of benzene rings is 2. The molecular weight excluding hydrogens is 368 g/mol. The van der Waals surface area contributed by atoms with E-state index in [1.807, 2.05) is 54.7 Å². The highest BCUT2D eigenvalue weighted by Crippen LogP contribution is 2.13. The zero-order valence-electron chi connectivity index (χ0n) is 16.2. The maximum absolute atomic E-state index is 12.5. The first-order valence-corrected chi connectivity index (χ1v) is 9.53. The number of oxazole rings is 1. The lowest BCUT2D eigenvalue weighted by Crippen LogP contribution is -2.26. The summed E-state index contributed by atoms with van der Waals surface area (Å²) in [6.45, 7) is 0.932. The molecule has 0 aliphatic heterocycles. The third kappa shape index (κ3) is 4.13. The topological polar surface area (TPSA) is 73.3 Å². The van der Waals surface area contributed by atoms with Crippen molar-refractivity contribution in [3.8, 4) is 5.69 Å². The Morgan fingerprint density at radius 1 is 1.10 bits per heavy atom. The second kappa shape index (κ2) is 8.18. The normalized spacial score (nSPS) is 11.1. The molecule has 2 aromatic heterocycles. The van der Waals surface area contributed by atoms with Gasteiger partial charge in [0.05, 0.1) is 17.4 Å². The Morgan fingerprint density at radius 2 is 1.86 bits per heavy atom. The number of nitrogens with zero attached hydrogens (tertiary/aromatic N) is 4. The molecule has 0 radical (unpaired) electrons. The van der Waals surface area contributed by atoms with E-state index in [2.05, 4.69) is 5.10 Å². The van der Waals surface area contributed by atoms with Crippen LogP contribution in [0.1, 0.15) is 18.4 Å². The van der Waals surface area contributed by atoms with Gasteiger partial charge in [0.15, 0.2) is 5.58 Å². The molecule has 0 N–H and O–H groups in total. The minimum absolute atomic E-state index is 0.0262. The smallest absolute Gasteiger partial charge is 0.408 e. The van der Waals surface area contributed by atoms with E-state index in [9.17, 15) is 9.59 Å². The number of aromatic nitrogens is 3. The Labute approximate surface area is 167 Å². The molecule has 0 atom stereocenters. The fourth-order valence-electron chi connectivity index (χ4n) is 3.33. The van der Waals surface area contributed by atoms with Gasteiger partial charge in [-0.25, -0.2) is 9.48 Å². The Bertz CT molecular complexity index is 1170. The lowest BCUT2D eigenvalue weighted by atomic mass is 10.2. The molecule has 148 valence electrons. The maximum Gasteiger partial charge on any atom is 0.419 e. The molecule has 0 aliphatic rings. The summed E-state index contributed by atoms with van der Waals surface area (Å²) in [7, 11) is 1.78. The van der Waals surface area contributed by atoms with Gasteiger partial charge in [-0.1, -0.05) is 30.3 Å². The number of carbonyl (C=O) groups excluding carboxylic acids is 1. The first kappa shape index (κ1) is 18.7. The molecule has 2 aromatic carbocycles. The van der Waals surface area contributed by atoms with E-state index in [0.29, 0.717) is 31.5 Å². The highest BCUT2D eigenvalue weighted by Gasteiger charge is 2.13. The van der Waals surface area contributed by atoms with E-state index >= 15 is 0 Å². The minimum Gasteiger partial charge on any atom is -0.408 e. The molecule has 0 bridgehead atoms. The van der Waals surface area contributed by atoms with E-state index in [0.717, 1.165) is 16.8 Å². The lowest BCUT2D eigenvalue weighted by Gasteiger charge is -2.16. The quantitative estimate of drug-likeness (QED) is 0.486. The van der Waals surface area contributed by atoms with Crippen molar-refractivity contribution < 1.29 is 9.21 Å². The first-order valence-electron chi connectivity index (χ1n) is 9.53. The number of amides is 1. The summed E-state index contributed by atoms with van der Waals surface area (Å²) in [4.78, 5) is 26.2. The Balaban J connectivity index is 1.32. The van der Waals surface area contributed by atoms with Gasteiger partial charge in [0.2, 0.25) is 5.91 Å². The Hall–Kier alpha value is -3.61. The van der Waals surface area contributed by atoms with E-state index < -0.39 is 0 Å². The van der Waals surface area contributed by atoms with Gasteiger partial charge in [-0.2, -0.15) is 5.10 Å². The van der Waals surface area contributed by atoms with Crippen molar-refractivity contribution in [2.45, 2.75) is 25.9 Å². The summed E-state index contributed by atoms with van der Waals surface area (Å²) in [5.41, 5.74) is 3.26. The Morgan fingerprint density at radius 3 is 2.69 bits per heavy atom. The van der Waals surface area contributed by atoms with Gasteiger partial charge in [0.1, 0.15) is 0 Å². The second-order valence-electron chi connectivity index (χ2n) is 6.97. The molecular formula is C22H22N4O3. The van der Waals surface area contributed by atoms with Gasteiger partial charge in [-0.15, -0.1) is 0 Å². The van der Waals surface area contributed by atoms with Crippen LogP contribution in [-0.2, 0) is 17.9 Å². The molecule has 0 unspecified atom stereocenters. The molecule has 0 spiro atoms. The highest BCUT2D eigenvalue weighted by molar-refractivity contribution is 5.76. The average Bonchev–Trinajstić information content (AvgIpc) is 3.33. The summed E-state index contributed by atoms with van der Waals surface area (Å²) < 4.78 is 8.60. The summed E-state index contributed by atoms with van der Waals surface area (Å²) in [5.74, 6) is -0.362. The number of rotatable bonds is 7. The van der Waals surface area contributed by atoms with Crippen LogP contribution in [0.2, 0.25) is 0 Å². The number of carbonyl (C=O) groups is 1. The van der Waals surface area contributed by atoms with Crippen LogP contribution in [0.3, 0.4) is 0 Å². The molecule has 7 nitrogen and oxygen atoms in total. The van der Waals surface area contributed by atoms with Crippen LogP contribution in [0.25, 0.3) is 16.8 Å². The summed E-state index contributed by atoms with van der Waals surface area (Å²) in [5, 5.41) is 4.36. The molecule has 29 heavy (non-hydrogen) atoms. The van der Waals surface area contributed by atoms with Crippen molar-refractivity contribution in [2.24, 2.45) is 0 Å². The van der Waals surface area contributed by atoms with Crippen LogP contribution in [0.4, 0.5) is 0 Å². The van der Waals surface area contributed by atoms with Gasteiger partial charge in [0, 0.05) is 38.3 Å². The standard InChI is InChI=1S/C22H22N4O3/c1-24(15-17-14-23-26(16-17)18-8-3-2-4-9-18)21(27)12-7-13-25-19-10-5-6-11-20(19)29-22(25)28/h2-6,8-11,14,16H,7,12-13,15H2,1H3. The maximum atomic E-state index is 12.5. The molecule has 2 heterocycles. The molecule has 1 amide bonds. The first-order chi connectivity index (χ1) is 14.1. The molecule has 4 rings (SSSR count). The largest absolute Gasteiger partial charge is 0.419 e. The van der Waals surface area contributed by atoms with Gasteiger partial charge < -0.3 is 9.32 Å². The number of para-hydroxylation sites is 3. The van der Waals surface area contributed by atoms with Crippen molar-refractivity contribution in [2.75, 3.05) is 7.05 Å². The molecule has 0 aliphatic carbocycles. The van der Waals surface area contributed by atoms with Crippen molar-refractivity contribution in [1.29, 1.82) is 0 Å². The van der Waals surface area contributed by atoms with Crippen LogP contribution >= 0.6 is 0 Å². The third-order valence-corrected chi connectivity index (χ3v) is 4.85. The van der Waals surface area contributed by atoms with Gasteiger partial charge >= 0.3 is 5.76 Å². The van der Waals surface area contributed by atoms with Crippen molar-refractivity contribution in [3.63, 3.8) is 0 Å². The zero-order chi connectivity index (χ0) is 20.2. The predicted octanol–water partition coefficient (Wildman–Crippen LogP) is 3.22. The van der Waals surface area contributed by atoms with Crippen LogP contribution in [0.5, 0.6) is 0 Å². The molecule has 0 saturated heterocycles. The molecule has 0 saturated carbocycles. The average molecular weight is 390 g/mol. The third-order valence-electron chi connectivity index (χ3n) is 4.85. The summed E-state index contributed by atoms with van der Waals surface area (Å²) in [6, 6.07) is 17.1. The van der Waals surface area contributed by atoms with E-state index in [1.165, 1.54) is 0 Å². The number of fused-ring (bicyclic) bond motifs is 1. The monoisotopic (exact) mass is 390 g/mol. The summed E-state index contributed by atoms with van der Waals surface area (Å²) in [6.07, 6.45) is 4.62. The lowest BCUT2D eigenvalue weighted by molar-refractivity contribution is -0.130. The second-order valence-corrected chi connectivity index (χ2v) is 6.97. The molecule has 4 aromatic rings. The molecule has 7 heteroatoms. The fourth-order valence-corrected chi connectivity index (χ4v) is 3.33. The predicted molar refractivity (Wildman–Crippen MR) is 110 cm³/mol. The zero-order valence-corrected chi connectivity index (χ0v) is 16.2. The summed E-state index contributed by atoms with van der Waals surface area (Å²) >= 11 is 0. The van der Waals surface area contributed by atoms with Crippen LogP contribution in [-0.4, -0.2) is 32.2 Å². The molecule has 0 fully saturated rings. The number of hydrogen-bond acceptors (Lipinski definition) is 4.